The lowest BCUT2D eigenvalue weighted by atomic mass is 10.2. The van der Waals surface area contributed by atoms with Gasteiger partial charge < -0.3 is 9.47 Å². The fraction of sp³-hybridized carbons (Fsp3) is 0.444. The molecule has 0 bridgehead atoms. The zero-order chi connectivity index (χ0) is 10.4. The molecule has 0 saturated carbocycles. The van der Waals surface area contributed by atoms with Crippen molar-refractivity contribution in [2.45, 2.75) is 18.9 Å². The Bertz CT molecular complexity index is 302. The first-order valence-electron chi connectivity index (χ1n) is 4.17. The van der Waals surface area contributed by atoms with E-state index in [4.69, 9.17) is 14.7 Å². The van der Waals surface area contributed by atoms with E-state index in [-0.39, 0.29) is 6.61 Å². The Balaban J connectivity index is 2.64. The highest BCUT2D eigenvalue weighted by Crippen LogP contribution is 2.04. The third kappa shape index (κ3) is 3.27. The first-order chi connectivity index (χ1) is 6.72. The lowest BCUT2D eigenvalue weighted by Gasteiger charge is -2.10. The lowest BCUT2D eigenvalue weighted by molar-refractivity contribution is -0.144. The van der Waals surface area contributed by atoms with Crippen molar-refractivity contribution in [3.05, 3.63) is 12.2 Å². The molecule has 0 saturated heterocycles. The van der Waals surface area contributed by atoms with Crippen molar-refractivity contribution in [1.29, 1.82) is 5.26 Å². The highest BCUT2D eigenvalue weighted by atomic mass is 16.5. The highest BCUT2D eigenvalue weighted by molar-refractivity contribution is 5.91. The van der Waals surface area contributed by atoms with Gasteiger partial charge in [0.1, 0.15) is 6.07 Å². The topological polar surface area (TPSA) is 76.4 Å². The molecule has 0 aromatic rings. The normalized spacial score (nSPS) is 25.5. The average Bonchev–Trinajstić information content (AvgIpc) is 2.19. The van der Waals surface area contributed by atoms with Crippen LogP contribution < -0.4 is 0 Å². The SMILES string of the molecule is N#CC1CCCOC(=O)/C=C\C(=O)O1. The summed E-state index contributed by atoms with van der Waals surface area (Å²) in [7, 11) is 0. The highest BCUT2D eigenvalue weighted by Gasteiger charge is 2.13. The van der Waals surface area contributed by atoms with E-state index in [0.717, 1.165) is 12.2 Å². The van der Waals surface area contributed by atoms with Gasteiger partial charge in [0.05, 0.1) is 6.61 Å². The Morgan fingerprint density at radius 2 is 2.07 bits per heavy atom. The van der Waals surface area contributed by atoms with Crippen molar-refractivity contribution in [3.8, 4) is 6.07 Å². The first kappa shape index (κ1) is 10.3. The molecule has 1 aliphatic heterocycles. The van der Waals surface area contributed by atoms with Crippen LogP contribution in [0.4, 0.5) is 0 Å². The summed E-state index contributed by atoms with van der Waals surface area (Å²) in [5.41, 5.74) is 0. The third-order valence-electron chi connectivity index (χ3n) is 1.61. The second kappa shape index (κ2) is 5.02. The minimum Gasteiger partial charge on any atom is -0.463 e. The molecule has 1 aliphatic rings. The van der Waals surface area contributed by atoms with Crippen molar-refractivity contribution in [1.82, 2.24) is 0 Å². The van der Waals surface area contributed by atoms with Crippen LogP contribution in [0.3, 0.4) is 0 Å². The molecular weight excluding hydrogens is 186 g/mol. The molecular formula is C9H9NO4. The maximum Gasteiger partial charge on any atom is 0.332 e. The predicted octanol–water partition coefficient (Wildman–Crippen LogP) is 0.315. The summed E-state index contributed by atoms with van der Waals surface area (Å²) in [6, 6.07) is 1.84. The van der Waals surface area contributed by atoms with Gasteiger partial charge in [0.25, 0.3) is 0 Å². The van der Waals surface area contributed by atoms with Gasteiger partial charge in [-0.15, -0.1) is 0 Å². The number of esters is 2. The number of rotatable bonds is 0. The summed E-state index contributed by atoms with van der Waals surface area (Å²) < 4.78 is 9.45. The number of hydrogen-bond donors (Lipinski definition) is 0. The molecule has 0 N–H and O–H groups in total. The molecule has 0 aromatic carbocycles. The zero-order valence-corrected chi connectivity index (χ0v) is 7.43. The molecule has 5 heteroatoms. The van der Waals surface area contributed by atoms with Gasteiger partial charge in [-0.05, 0) is 6.42 Å². The molecule has 5 nitrogen and oxygen atoms in total. The molecule has 0 radical (unpaired) electrons. The smallest absolute Gasteiger partial charge is 0.332 e. The number of cyclic esters (lactones) is 2. The molecule has 0 amide bonds. The number of nitriles is 1. The largest absolute Gasteiger partial charge is 0.463 e. The van der Waals surface area contributed by atoms with E-state index in [1.165, 1.54) is 0 Å². The van der Waals surface area contributed by atoms with E-state index in [1.807, 2.05) is 6.07 Å². The molecule has 1 atom stereocenters. The maximum atomic E-state index is 10.9. The molecule has 74 valence electrons. The van der Waals surface area contributed by atoms with Crippen LogP contribution in [-0.2, 0) is 19.1 Å². The monoisotopic (exact) mass is 195 g/mol. The van der Waals surface area contributed by atoms with Crippen LogP contribution in [0.25, 0.3) is 0 Å². The summed E-state index contributed by atoms with van der Waals surface area (Å²) in [5.74, 6) is -1.27. The summed E-state index contributed by atoms with van der Waals surface area (Å²) in [6.45, 7) is 0.235. The Hall–Kier alpha value is -1.83. The van der Waals surface area contributed by atoms with Crippen LogP contribution in [0.15, 0.2) is 12.2 Å². The molecule has 0 aromatic heterocycles. The van der Waals surface area contributed by atoms with E-state index in [1.54, 1.807) is 0 Å². The summed E-state index contributed by atoms with van der Waals surface area (Å²) in [4.78, 5) is 21.8. The van der Waals surface area contributed by atoms with Gasteiger partial charge in [-0.2, -0.15) is 5.26 Å². The van der Waals surface area contributed by atoms with Crippen LogP contribution in [-0.4, -0.2) is 24.6 Å². The van der Waals surface area contributed by atoms with Gasteiger partial charge >= 0.3 is 11.9 Å². The lowest BCUT2D eigenvalue weighted by Crippen LogP contribution is -2.17. The van der Waals surface area contributed by atoms with E-state index >= 15 is 0 Å². The Kier molecular flexibility index (Phi) is 3.68. The Morgan fingerprint density at radius 3 is 2.79 bits per heavy atom. The van der Waals surface area contributed by atoms with E-state index < -0.39 is 18.0 Å². The van der Waals surface area contributed by atoms with Gasteiger partial charge in [0.2, 0.25) is 0 Å². The standard InChI is InChI=1S/C9H9NO4/c10-6-7-2-1-5-13-8(11)3-4-9(12)14-7/h3-4,7H,1-2,5H2/b4-3-. The van der Waals surface area contributed by atoms with Crippen molar-refractivity contribution in [2.75, 3.05) is 6.61 Å². The molecule has 0 fully saturated rings. The maximum absolute atomic E-state index is 10.9. The van der Waals surface area contributed by atoms with Gasteiger partial charge in [-0.3, -0.25) is 0 Å². The molecule has 1 rings (SSSR count). The quantitative estimate of drug-likeness (QED) is 0.520. The first-order valence-corrected chi connectivity index (χ1v) is 4.17. The van der Waals surface area contributed by atoms with Crippen molar-refractivity contribution < 1.29 is 19.1 Å². The van der Waals surface area contributed by atoms with Crippen LogP contribution in [0, 0.1) is 11.3 Å². The molecule has 1 unspecified atom stereocenters. The van der Waals surface area contributed by atoms with Crippen LogP contribution >= 0.6 is 0 Å². The summed E-state index contributed by atoms with van der Waals surface area (Å²) in [5, 5.41) is 8.58. The summed E-state index contributed by atoms with van der Waals surface area (Å²) in [6.07, 6.45) is 2.07. The van der Waals surface area contributed by atoms with Crippen molar-refractivity contribution in [3.63, 3.8) is 0 Å². The van der Waals surface area contributed by atoms with Crippen molar-refractivity contribution >= 4 is 11.9 Å². The van der Waals surface area contributed by atoms with Gasteiger partial charge in [0, 0.05) is 18.6 Å². The number of carbonyl (C=O) groups excluding carboxylic acids is 2. The van der Waals surface area contributed by atoms with Crippen LogP contribution in [0.2, 0.25) is 0 Å². The van der Waals surface area contributed by atoms with Gasteiger partial charge in [-0.1, -0.05) is 0 Å². The molecule has 1 heterocycles. The fourth-order valence-electron chi connectivity index (χ4n) is 0.955. The molecule has 0 aliphatic carbocycles. The fourth-order valence-corrected chi connectivity index (χ4v) is 0.955. The number of carbonyl (C=O) groups is 2. The minimum atomic E-state index is -0.760. The molecule has 0 spiro atoms. The van der Waals surface area contributed by atoms with E-state index in [0.29, 0.717) is 12.8 Å². The number of hydrogen-bond acceptors (Lipinski definition) is 5. The van der Waals surface area contributed by atoms with E-state index in [2.05, 4.69) is 0 Å². The number of ether oxygens (including phenoxy) is 2. The summed E-state index contributed by atoms with van der Waals surface area (Å²) >= 11 is 0. The second-order valence-corrected chi connectivity index (χ2v) is 2.70. The average molecular weight is 195 g/mol. The predicted molar refractivity (Wildman–Crippen MR) is 44.8 cm³/mol. The van der Waals surface area contributed by atoms with Gasteiger partial charge in [0.15, 0.2) is 6.10 Å². The zero-order valence-electron chi connectivity index (χ0n) is 7.43. The minimum absolute atomic E-state index is 0.235. The van der Waals surface area contributed by atoms with E-state index in [9.17, 15) is 9.59 Å². The van der Waals surface area contributed by atoms with Crippen molar-refractivity contribution in [2.24, 2.45) is 0 Å². The molecule has 14 heavy (non-hydrogen) atoms. The van der Waals surface area contributed by atoms with Crippen LogP contribution in [0.1, 0.15) is 12.8 Å². The number of nitrogens with zero attached hydrogens (tertiary/aromatic N) is 1. The van der Waals surface area contributed by atoms with Gasteiger partial charge in [-0.25, -0.2) is 9.59 Å². The third-order valence-corrected chi connectivity index (χ3v) is 1.61. The Morgan fingerprint density at radius 1 is 1.36 bits per heavy atom. The van der Waals surface area contributed by atoms with Crippen LogP contribution in [0.5, 0.6) is 0 Å². The Labute approximate surface area is 80.9 Å². The second-order valence-electron chi connectivity index (χ2n) is 2.70.